The molecule has 0 aliphatic rings. The fourth-order valence-electron chi connectivity index (χ4n) is 1.31. The molecule has 0 bridgehead atoms. The van der Waals surface area contributed by atoms with Crippen LogP contribution in [0.25, 0.3) is 0 Å². The molecule has 1 atom stereocenters. The van der Waals surface area contributed by atoms with Crippen LogP contribution in [-0.4, -0.2) is 21.3 Å². The Morgan fingerprint density at radius 3 is 2.50 bits per heavy atom. The summed E-state index contributed by atoms with van der Waals surface area (Å²) in [7, 11) is 0. The molecule has 0 aromatic carbocycles. The van der Waals surface area contributed by atoms with Gasteiger partial charge in [-0.15, -0.1) is 10.2 Å². The summed E-state index contributed by atoms with van der Waals surface area (Å²) in [5.41, 5.74) is -0.165. The molecule has 1 aromatic heterocycles. The van der Waals surface area contributed by atoms with Crippen LogP contribution in [0.3, 0.4) is 0 Å². The number of carboxylic acids is 1. The molecule has 0 amide bonds. The fourth-order valence-corrected chi connectivity index (χ4v) is 1.31. The third-order valence-corrected chi connectivity index (χ3v) is 2.15. The van der Waals surface area contributed by atoms with Crippen LogP contribution in [0.4, 0.5) is 0 Å². The van der Waals surface area contributed by atoms with Gasteiger partial charge in [-0.25, -0.2) is 0 Å². The zero-order valence-corrected chi connectivity index (χ0v) is 10.1. The van der Waals surface area contributed by atoms with Crippen molar-refractivity contribution in [3.05, 3.63) is 11.8 Å². The van der Waals surface area contributed by atoms with E-state index in [4.69, 9.17) is 9.52 Å². The molecule has 0 aliphatic carbocycles. The maximum absolute atomic E-state index is 10.5. The molecule has 0 aliphatic heterocycles. The molecule has 16 heavy (non-hydrogen) atoms. The number of aromatic nitrogens is 2. The van der Waals surface area contributed by atoms with E-state index in [2.05, 4.69) is 10.2 Å². The Balaban J connectivity index is 2.62. The largest absolute Gasteiger partial charge is 0.481 e. The Labute approximate surface area is 94.9 Å². The van der Waals surface area contributed by atoms with E-state index in [9.17, 15) is 4.79 Å². The second-order valence-corrected chi connectivity index (χ2v) is 5.16. The Kier molecular flexibility index (Phi) is 3.67. The number of nitrogens with zero attached hydrogens (tertiary/aromatic N) is 2. The van der Waals surface area contributed by atoms with Crippen LogP contribution < -0.4 is 0 Å². The van der Waals surface area contributed by atoms with Crippen molar-refractivity contribution >= 4 is 5.97 Å². The van der Waals surface area contributed by atoms with Gasteiger partial charge in [0.15, 0.2) is 0 Å². The number of aliphatic carboxylic acids is 1. The molecule has 0 saturated carbocycles. The van der Waals surface area contributed by atoms with Crippen LogP contribution >= 0.6 is 0 Å². The van der Waals surface area contributed by atoms with E-state index in [1.165, 1.54) is 0 Å². The highest BCUT2D eigenvalue weighted by molar-refractivity contribution is 5.66. The molecule has 0 spiro atoms. The minimum Gasteiger partial charge on any atom is -0.481 e. The quantitative estimate of drug-likeness (QED) is 0.849. The molecule has 5 heteroatoms. The van der Waals surface area contributed by atoms with Crippen molar-refractivity contribution in [2.24, 2.45) is 5.92 Å². The van der Waals surface area contributed by atoms with Crippen molar-refractivity contribution in [3.8, 4) is 0 Å². The van der Waals surface area contributed by atoms with Crippen molar-refractivity contribution in [1.29, 1.82) is 0 Å². The van der Waals surface area contributed by atoms with Crippen LogP contribution in [0.1, 0.15) is 45.9 Å². The van der Waals surface area contributed by atoms with Crippen LogP contribution in [-0.2, 0) is 16.6 Å². The van der Waals surface area contributed by atoms with Gasteiger partial charge in [0.2, 0.25) is 11.8 Å². The van der Waals surface area contributed by atoms with Gasteiger partial charge >= 0.3 is 5.97 Å². The average Bonchev–Trinajstić information content (AvgIpc) is 2.49. The summed E-state index contributed by atoms with van der Waals surface area (Å²) < 4.78 is 5.49. The topological polar surface area (TPSA) is 76.2 Å². The van der Waals surface area contributed by atoms with Gasteiger partial charge < -0.3 is 9.52 Å². The fraction of sp³-hybridized carbons (Fsp3) is 0.727. The summed E-state index contributed by atoms with van der Waals surface area (Å²) in [6, 6.07) is 0. The monoisotopic (exact) mass is 226 g/mol. The molecule has 1 rings (SSSR count). The normalized spacial score (nSPS) is 13.8. The summed E-state index contributed by atoms with van der Waals surface area (Å²) in [5.74, 6) is 0.303. The van der Waals surface area contributed by atoms with E-state index in [1.807, 2.05) is 27.7 Å². The summed E-state index contributed by atoms with van der Waals surface area (Å²) in [6.07, 6.45) is 0.628. The van der Waals surface area contributed by atoms with E-state index in [-0.39, 0.29) is 17.8 Å². The molecule has 1 heterocycles. The van der Waals surface area contributed by atoms with Crippen molar-refractivity contribution in [2.75, 3.05) is 0 Å². The Bertz CT molecular complexity index is 366. The first kappa shape index (κ1) is 12.7. The zero-order valence-electron chi connectivity index (χ0n) is 10.1. The van der Waals surface area contributed by atoms with Crippen molar-refractivity contribution in [2.45, 2.75) is 46.0 Å². The summed E-state index contributed by atoms with van der Waals surface area (Å²) in [6.45, 7) is 7.83. The van der Waals surface area contributed by atoms with Gasteiger partial charge in [-0.2, -0.15) is 0 Å². The van der Waals surface area contributed by atoms with Crippen LogP contribution in [0.15, 0.2) is 4.42 Å². The van der Waals surface area contributed by atoms with Gasteiger partial charge in [0.1, 0.15) is 0 Å². The standard InChI is InChI=1S/C11H18N2O3/c1-7(6-9(14)15)5-8-12-13-10(16-8)11(2,3)4/h7H,5-6H2,1-4H3,(H,14,15). The lowest BCUT2D eigenvalue weighted by Crippen LogP contribution is -2.11. The number of rotatable bonds is 4. The van der Waals surface area contributed by atoms with Gasteiger partial charge in [0.25, 0.3) is 0 Å². The lowest BCUT2D eigenvalue weighted by atomic mass is 9.97. The molecule has 1 unspecified atom stereocenters. The molecule has 0 saturated heterocycles. The predicted molar refractivity (Wildman–Crippen MR) is 58.1 cm³/mol. The molecule has 0 fully saturated rings. The maximum Gasteiger partial charge on any atom is 0.303 e. The highest BCUT2D eigenvalue weighted by atomic mass is 16.4. The second kappa shape index (κ2) is 4.63. The molecular weight excluding hydrogens is 208 g/mol. The van der Waals surface area contributed by atoms with Crippen molar-refractivity contribution < 1.29 is 14.3 Å². The predicted octanol–water partition coefficient (Wildman–Crippen LogP) is 2.02. The first-order valence-corrected chi connectivity index (χ1v) is 5.33. The molecule has 0 radical (unpaired) electrons. The highest BCUT2D eigenvalue weighted by Crippen LogP contribution is 2.21. The molecule has 5 nitrogen and oxygen atoms in total. The van der Waals surface area contributed by atoms with Gasteiger partial charge in [-0.05, 0) is 5.92 Å². The Morgan fingerprint density at radius 2 is 2.06 bits per heavy atom. The van der Waals surface area contributed by atoms with Gasteiger partial charge in [0.05, 0.1) is 0 Å². The van der Waals surface area contributed by atoms with E-state index in [0.29, 0.717) is 18.2 Å². The Hall–Kier alpha value is -1.39. The minimum absolute atomic E-state index is 0.00534. The first-order chi connectivity index (χ1) is 7.29. The Morgan fingerprint density at radius 1 is 1.44 bits per heavy atom. The van der Waals surface area contributed by atoms with Gasteiger partial charge in [-0.1, -0.05) is 27.7 Å². The molecule has 1 aromatic rings. The second-order valence-electron chi connectivity index (χ2n) is 5.16. The smallest absolute Gasteiger partial charge is 0.303 e. The molecule has 1 N–H and O–H groups in total. The van der Waals surface area contributed by atoms with Crippen molar-refractivity contribution in [1.82, 2.24) is 10.2 Å². The van der Waals surface area contributed by atoms with E-state index >= 15 is 0 Å². The minimum atomic E-state index is -0.803. The van der Waals surface area contributed by atoms with Gasteiger partial charge in [-0.3, -0.25) is 4.79 Å². The lowest BCUT2D eigenvalue weighted by molar-refractivity contribution is -0.137. The van der Waals surface area contributed by atoms with Crippen LogP contribution in [0.2, 0.25) is 0 Å². The summed E-state index contributed by atoms with van der Waals surface area (Å²) >= 11 is 0. The summed E-state index contributed by atoms with van der Waals surface area (Å²) in [5, 5.41) is 16.5. The number of hydrogen-bond donors (Lipinski definition) is 1. The zero-order chi connectivity index (χ0) is 12.3. The third kappa shape index (κ3) is 3.64. The van der Waals surface area contributed by atoms with Gasteiger partial charge in [0, 0.05) is 18.3 Å². The van der Waals surface area contributed by atoms with Crippen molar-refractivity contribution in [3.63, 3.8) is 0 Å². The number of carboxylic acid groups (broad SMARTS) is 1. The number of hydrogen-bond acceptors (Lipinski definition) is 4. The lowest BCUT2D eigenvalue weighted by Gasteiger charge is -2.11. The average molecular weight is 226 g/mol. The van der Waals surface area contributed by atoms with Crippen LogP contribution in [0, 0.1) is 5.92 Å². The van der Waals surface area contributed by atoms with E-state index in [0.717, 1.165) is 0 Å². The van der Waals surface area contributed by atoms with Crippen LogP contribution in [0.5, 0.6) is 0 Å². The molecular formula is C11H18N2O3. The third-order valence-electron chi connectivity index (χ3n) is 2.15. The maximum atomic E-state index is 10.5. The first-order valence-electron chi connectivity index (χ1n) is 5.33. The highest BCUT2D eigenvalue weighted by Gasteiger charge is 2.22. The van der Waals surface area contributed by atoms with E-state index in [1.54, 1.807) is 0 Å². The van der Waals surface area contributed by atoms with E-state index < -0.39 is 5.97 Å². The SMILES string of the molecule is CC(CC(=O)O)Cc1nnc(C(C)(C)C)o1. The molecule has 90 valence electrons. The number of carbonyl (C=O) groups is 1. The summed E-state index contributed by atoms with van der Waals surface area (Å²) in [4.78, 5) is 10.5.